The third-order valence-corrected chi connectivity index (χ3v) is 5.60. The largest absolute Gasteiger partial charge is 0.361 e. The summed E-state index contributed by atoms with van der Waals surface area (Å²) < 4.78 is 0. The Bertz CT molecular complexity index is 798. The molecule has 1 aliphatic heterocycles. The SMILES string of the molecule is C#CC(=O)[C@@H]1C[C@@H]2c3cccc4[nH]cc(c34)C[C@H]2N(CCC)C1. The second-order valence-electron chi connectivity index (χ2n) is 6.90. The minimum absolute atomic E-state index is 0.0245. The molecule has 0 saturated carbocycles. The van der Waals surface area contributed by atoms with Crippen molar-refractivity contribution >= 4 is 16.7 Å². The Morgan fingerprint density at radius 1 is 1.48 bits per heavy atom. The van der Waals surface area contributed by atoms with Crippen LogP contribution in [0.2, 0.25) is 0 Å². The average molecular weight is 306 g/mol. The molecule has 0 spiro atoms. The van der Waals surface area contributed by atoms with Gasteiger partial charge in [0, 0.05) is 41.5 Å². The van der Waals surface area contributed by atoms with Crippen LogP contribution in [-0.4, -0.2) is 34.8 Å². The molecule has 1 saturated heterocycles. The van der Waals surface area contributed by atoms with E-state index in [2.05, 4.69) is 47.1 Å². The number of hydrogen-bond acceptors (Lipinski definition) is 2. The maximum Gasteiger partial charge on any atom is 0.209 e. The Morgan fingerprint density at radius 3 is 3.13 bits per heavy atom. The highest BCUT2D eigenvalue weighted by Gasteiger charge is 2.41. The number of terminal acetylenes is 1. The lowest BCUT2D eigenvalue weighted by Gasteiger charge is -2.46. The van der Waals surface area contributed by atoms with Crippen molar-refractivity contribution in [3.8, 4) is 12.3 Å². The first-order chi connectivity index (χ1) is 11.2. The summed E-state index contributed by atoms with van der Waals surface area (Å²) in [5, 5.41) is 1.37. The van der Waals surface area contributed by atoms with Gasteiger partial charge in [0.05, 0.1) is 0 Å². The van der Waals surface area contributed by atoms with E-state index < -0.39 is 0 Å². The van der Waals surface area contributed by atoms with E-state index in [0.717, 1.165) is 32.4 Å². The molecule has 2 aliphatic rings. The molecular formula is C20H22N2O. The van der Waals surface area contributed by atoms with Gasteiger partial charge in [-0.05, 0) is 48.9 Å². The molecule has 1 N–H and O–H groups in total. The predicted octanol–water partition coefficient (Wildman–Crippen LogP) is 3.11. The molecule has 2 heterocycles. The molecule has 1 aromatic carbocycles. The second kappa shape index (κ2) is 5.54. The molecule has 23 heavy (non-hydrogen) atoms. The first-order valence-corrected chi connectivity index (χ1v) is 8.56. The normalized spacial score (nSPS) is 26.7. The Kier molecular flexibility index (Phi) is 3.50. The molecule has 4 rings (SSSR count). The number of Topliss-reactive ketones (excluding diaryl/α,β-unsaturated/α-hetero) is 1. The van der Waals surface area contributed by atoms with Gasteiger partial charge in [-0.2, -0.15) is 0 Å². The van der Waals surface area contributed by atoms with E-state index in [1.165, 1.54) is 22.0 Å². The number of nitrogens with zero attached hydrogens (tertiary/aromatic N) is 1. The minimum Gasteiger partial charge on any atom is -0.361 e. The minimum atomic E-state index is -0.0309. The van der Waals surface area contributed by atoms with Crippen molar-refractivity contribution in [3.05, 3.63) is 35.5 Å². The number of likely N-dealkylation sites (tertiary alicyclic amines) is 1. The number of rotatable bonds is 3. The molecule has 118 valence electrons. The van der Waals surface area contributed by atoms with Crippen LogP contribution < -0.4 is 0 Å². The number of piperidine rings is 1. The van der Waals surface area contributed by atoms with Gasteiger partial charge in [0.25, 0.3) is 0 Å². The van der Waals surface area contributed by atoms with E-state index in [-0.39, 0.29) is 11.7 Å². The summed E-state index contributed by atoms with van der Waals surface area (Å²) in [5.41, 5.74) is 4.02. The van der Waals surface area contributed by atoms with E-state index in [9.17, 15) is 4.79 Å². The number of hydrogen-bond donors (Lipinski definition) is 1. The molecule has 3 nitrogen and oxygen atoms in total. The molecule has 2 aromatic rings. The Labute approximate surface area is 137 Å². The molecule has 0 bridgehead atoms. The van der Waals surface area contributed by atoms with Crippen molar-refractivity contribution in [2.45, 2.75) is 38.1 Å². The highest BCUT2D eigenvalue weighted by molar-refractivity contribution is 5.97. The first-order valence-electron chi connectivity index (χ1n) is 8.56. The van der Waals surface area contributed by atoms with Gasteiger partial charge in [0.1, 0.15) is 0 Å². The van der Waals surface area contributed by atoms with Gasteiger partial charge in [-0.15, -0.1) is 6.42 Å². The zero-order valence-electron chi connectivity index (χ0n) is 13.5. The highest BCUT2D eigenvalue weighted by atomic mass is 16.1. The lowest BCUT2D eigenvalue weighted by atomic mass is 9.71. The summed E-state index contributed by atoms with van der Waals surface area (Å²) in [6, 6.07) is 6.99. The summed E-state index contributed by atoms with van der Waals surface area (Å²) in [6.07, 6.45) is 10.6. The molecule has 0 amide bonds. The summed E-state index contributed by atoms with van der Waals surface area (Å²) in [7, 11) is 0. The fourth-order valence-electron chi connectivity index (χ4n) is 4.65. The van der Waals surface area contributed by atoms with Crippen LogP contribution in [0.4, 0.5) is 0 Å². The Balaban J connectivity index is 1.79. The van der Waals surface area contributed by atoms with Crippen molar-refractivity contribution in [3.63, 3.8) is 0 Å². The van der Waals surface area contributed by atoms with Gasteiger partial charge in [-0.25, -0.2) is 0 Å². The van der Waals surface area contributed by atoms with E-state index in [4.69, 9.17) is 6.42 Å². The van der Waals surface area contributed by atoms with Crippen molar-refractivity contribution in [1.82, 2.24) is 9.88 Å². The summed E-state index contributed by atoms with van der Waals surface area (Å²) in [4.78, 5) is 18.1. The van der Waals surface area contributed by atoms with Crippen molar-refractivity contribution in [2.75, 3.05) is 13.1 Å². The van der Waals surface area contributed by atoms with E-state index in [1.54, 1.807) is 0 Å². The number of ketones is 1. The van der Waals surface area contributed by atoms with Gasteiger partial charge in [0.15, 0.2) is 0 Å². The summed E-state index contributed by atoms with van der Waals surface area (Å²) in [5.74, 6) is 2.71. The maximum atomic E-state index is 12.2. The molecule has 1 fully saturated rings. The van der Waals surface area contributed by atoms with Gasteiger partial charge in [-0.1, -0.05) is 19.1 Å². The molecule has 0 unspecified atom stereocenters. The van der Waals surface area contributed by atoms with Crippen LogP contribution in [0.3, 0.4) is 0 Å². The smallest absolute Gasteiger partial charge is 0.209 e. The molecule has 3 atom stereocenters. The Morgan fingerprint density at radius 2 is 2.35 bits per heavy atom. The van der Waals surface area contributed by atoms with Gasteiger partial charge >= 0.3 is 0 Å². The number of fused-ring (bicyclic) bond motifs is 2. The van der Waals surface area contributed by atoms with E-state index >= 15 is 0 Å². The molecule has 3 heteroatoms. The van der Waals surface area contributed by atoms with Crippen LogP contribution in [0, 0.1) is 18.3 Å². The van der Waals surface area contributed by atoms with Crippen molar-refractivity contribution in [2.24, 2.45) is 5.92 Å². The first kappa shape index (κ1) is 14.5. The number of H-pyrrole nitrogens is 1. The summed E-state index contributed by atoms with van der Waals surface area (Å²) >= 11 is 0. The molecular weight excluding hydrogens is 284 g/mol. The lowest BCUT2D eigenvalue weighted by Crippen LogP contribution is -2.51. The zero-order chi connectivity index (χ0) is 16.0. The number of aromatic nitrogens is 1. The fraction of sp³-hybridized carbons (Fsp3) is 0.450. The molecule has 1 aliphatic carbocycles. The van der Waals surface area contributed by atoms with Crippen LogP contribution in [0.1, 0.15) is 36.8 Å². The van der Waals surface area contributed by atoms with Crippen LogP contribution >= 0.6 is 0 Å². The quantitative estimate of drug-likeness (QED) is 0.699. The van der Waals surface area contributed by atoms with Crippen LogP contribution in [0.25, 0.3) is 10.9 Å². The zero-order valence-corrected chi connectivity index (χ0v) is 13.5. The van der Waals surface area contributed by atoms with Crippen LogP contribution in [-0.2, 0) is 11.2 Å². The predicted molar refractivity (Wildman–Crippen MR) is 92.3 cm³/mol. The summed E-state index contributed by atoms with van der Waals surface area (Å²) in [6.45, 7) is 4.05. The van der Waals surface area contributed by atoms with E-state index in [0.29, 0.717) is 12.0 Å². The second-order valence-corrected chi connectivity index (χ2v) is 6.90. The lowest BCUT2D eigenvalue weighted by molar-refractivity contribution is -0.120. The maximum absolute atomic E-state index is 12.2. The third kappa shape index (κ3) is 2.21. The van der Waals surface area contributed by atoms with Gasteiger partial charge in [0.2, 0.25) is 5.78 Å². The number of nitrogens with one attached hydrogen (secondary N) is 1. The van der Waals surface area contributed by atoms with Gasteiger partial charge < -0.3 is 4.98 Å². The fourth-order valence-corrected chi connectivity index (χ4v) is 4.65. The van der Waals surface area contributed by atoms with Gasteiger partial charge in [-0.3, -0.25) is 9.69 Å². The number of aromatic amines is 1. The third-order valence-electron chi connectivity index (χ3n) is 5.60. The van der Waals surface area contributed by atoms with Crippen LogP contribution in [0.5, 0.6) is 0 Å². The molecule has 0 radical (unpaired) electrons. The number of benzene rings is 1. The number of carbonyl (C=O) groups is 1. The van der Waals surface area contributed by atoms with Crippen molar-refractivity contribution in [1.29, 1.82) is 0 Å². The average Bonchev–Trinajstić information content (AvgIpc) is 2.99. The number of carbonyl (C=O) groups excluding carboxylic acids is 1. The Hall–Kier alpha value is -2.05. The van der Waals surface area contributed by atoms with Crippen LogP contribution in [0.15, 0.2) is 24.4 Å². The standard InChI is InChI=1S/C20H22N2O/c1-3-8-22-12-14(19(23)4-2)9-16-15-6-5-7-17-20(15)13(11-21-17)10-18(16)22/h2,5-7,11,14,16,18,21H,3,8-10,12H2,1H3/t14-,16-,18-/m1/s1. The van der Waals surface area contributed by atoms with E-state index in [1.807, 2.05) is 0 Å². The monoisotopic (exact) mass is 306 g/mol. The molecule has 1 aromatic heterocycles. The highest BCUT2D eigenvalue weighted by Crippen LogP contribution is 2.44. The topological polar surface area (TPSA) is 36.1 Å². The van der Waals surface area contributed by atoms with Crippen molar-refractivity contribution < 1.29 is 4.79 Å².